The smallest absolute Gasteiger partial charge is 0.305 e. The molecule has 0 saturated heterocycles. The van der Waals surface area contributed by atoms with Crippen molar-refractivity contribution in [2.45, 2.75) is 19.3 Å². The first kappa shape index (κ1) is 17.5. The van der Waals surface area contributed by atoms with Crippen LogP contribution in [-0.2, 0) is 16.0 Å². The lowest BCUT2D eigenvalue weighted by Crippen LogP contribution is -2.29. The zero-order valence-corrected chi connectivity index (χ0v) is 13.6. The summed E-state index contributed by atoms with van der Waals surface area (Å²) in [6.45, 7) is 0.176. The molecule has 1 heterocycles. The van der Waals surface area contributed by atoms with Gasteiger partial charge < -0.3 is 19.3 Å². The summed E-state index contributed by atoms with van der Waals surface area (Å²) < 4.78 is 10.2. The molecule has 0 aliphatic rings. The van der Waals surface area contributed by atoms with Gasteiger partial charge >= 0.3 is 5.97 Å². The summed E-state index contributed by atoms with van der Waals surface area (Å²) in [7, 11) is 3.16. The minimum absolute atomic E-state index is 0.0790. The van der Waals surface area contributed by atoms with Gasteiger partial charge in [0.15, 0.2) is 0 Å². The number of rotatable bonds is 8. The first-order valence-electron chi connectivity index (χ1n) is 7.42. The summed E-state index contributed by atoms with van der Waals surface area (Å²) in [4.78, 5) is 28.1. The average molecular weight is 333 g/mol. The molecular formula is C16H19N3O5. The Hall–Kier alpha value is -2.90. The largest absolute Gasteiger partial charge is 0.497 e. The molecule has 1 aromatic heterocycles. The van der Waals surface area contributed by atoms with Crippen molar-refractivity contribution in [2.75, 3.05) is 20.7 Å². The zero-order chi connectivity index (χ0) is 17.5. The number of aromatic nitrogens is 2. The van der Waals surface area contributed by atoms with Crippen molar-refractivity contribution in [3.63, 3.8) is 0 Å². The molecule has 1 amide bonds. The van der Waals surface area contributed by atoms with Gasteiger partial charge in [-0.2, -0.15) is 4.98 Å². The average Bonchev–Trinajstić information content (AvgIpc) is 3.06. The second-order valence-electron chi connectivity index (χ2n) is 5.20. The molecule has 0 aliphatic carbocycles. The maximum atomic E-state index is 11.9. The molecule has 0 radical (unpaired) electrons. The maximum absolute atomic E-state index is 11.9. The molecular weight excluding hydrogens is 314 g/mol. The predicted octanol–water partition coefficient (Wildman–Crippen LogP) is 1.61. The van der Waals surface area contributed by atoms with E-state index in [2.05, 4.69) is 10.1 Å². The summed E-state index contributed by atoms with van der Waals surface area (Å²) in [5, 5.41) is 12.5. The van der Waals surface area contributed by atoms with Crippen LogP contribution in [0.2, 0.25) is 0 Å². The van der Waals surface area contributed by atoms with Gasteiger partial charge in [-0.3, -0.25) is 9.59 Å². The Labute approximate surface area is 139 Å². The van der Waals surface area contributed by atoms with Gasteiger partial charge in [0.05, 0.1) is 13.5 Å². The van der Waals surface area contributed by atoms with E-state index in [1.165, 1.54) is 4.90 Å². The summed E-state index contributed by atoms with van der Waals surface area (Å²) in [6.07, 6.45) is 0.407. The Kier molecular flexibility index (Phi) is 5.89. The zero-order valence-electron chi connectivity index (χ0n) is 13.6. The first-order valence-corrected chi connectivity index (χ1v) is 7.42. The molecule has 24 heavy (non-hydrogen) atoms. The number of carboxylic acid groups (broad SMARTS) is 1. The molecule has 128 valence electrons. The van der Waals surface area contributed by atoms with Gasteiger partial charge in [0.25, 0.3) is 0 Å². The maximum Gasteiger partial charge on any atom is 0.305 e. The van der Waals surface area contributed by atoms with Gasteiger partial charge in [-0.1, -0.05) is 5.16 Å². The lowest BCUT2D eigenvalue weighted by atomic mass is 10.2. The highest BCUT2D eigenvalue weighted by molar-refractivity contribution is 5.76. The number of hydrogen-bond donors (Lipinski definition) is 1. The van der Waals surface area contributed by atoms with Crippen LogP contribution in [0.25, 0.3) is 11.4 Å². The third-order valence-corrected chi connectivity index (χ3v) is 3.46. The van der Waals surface area contributed by atoms with Gasteiger partial charge in [0, 0.05) is 32.0 Å². The van der Waals surface area contributed by atoms with Crippen molar-refractivity contribution in [1.29, 1.82) is 0 Å². The molecule has 2 aromatic rings. The fourth-order valence-corrected chi connectivity index (χ4v) is 2.01. The van der Waals surface area contributed by atoms with Crippen LogP contribution in [0.15, 0.2) is 28.8 Å². The predicted molar refractivity (Wildman–Crippen MR) is 84.5 cm³/mol. The number of aliphatic carboxylic acids is 1. The van der Waals surface area contributed by atoms with Crippen LogP contribution in [0.5, 0.6) is 5.75 Å². The summed E-state index contributed by atoms with van der Waals surface area (Å²) in [5.74, 6) is 0.439. The lowest BCUT2D eigenvalue weighted by molar-refractivity contribution is -0.138. The van der Waals surface area contributed by atoms with E-state index in [4.69, 9.17) is 14.4 Å². The Bertz CT molecular complexity index is 696. The van der Waals surface area contributed by atoms with Gasteiger partial charge in [-0.15, -0.1) is 0 Å². The molecule has 0 bridgehead atoms. The summed E-state index contributed by atoms with van der Waals surface area (Å²) >= 11 is 0. The first-order chi connectivity index (χ1) is 11.5. The van der Waals surface area contributed by atoms with E-state index in [-0.39, 0.29) is 25.3 Å². The lowest BCUT2D eigenvalue weighted by Gasteiger charge is -2.15. The van der Waals surface area contributed by atoms with Gasteiger partial charge in [-0.25, -0.2) is 0 Å². The second-order valence-corrected chi connectivity index (χ2v) is 5.20. The molecule has 1 aromatic carbocycles. The second kappa shape index (κ2) is 8.09. The number of hydrogen-bond acceptors (Lipinski definition) is 6. The number of ether oxygens (including phenoxy) is 1. The fourth-order valence-electron chi connectivity index (χ4n) is 2.01. The number of carbonyl (C=O) groups is 2. The monoisotopic (exact) mass is 333 g/mol. The molecule has 8 nitrogen and oxygen atoms in total. The topological polar surface area (TPSA) is 106 Å². The van der Waals surface area contributed by atoms with E-state index >= 15 is 0 Å². The highest BCUT2D eigenvalue weighted by atomic mass is 16.5. The Morgan fingerprint density at radius 3 is 2.58 bits per heavy atom. The van der Waals surface area contributed by atoms with Crippen molar-refractivity contribution in [3.05, 3.63) is 30.2 Å². The molecule has 8 heteroatoms. The van der Waals surface area contributed by atoms with Crippen molar-refractivity contribution in [3.8, 4) is 17.1 Å². The van der Waals surface area contributed by atoms with Crippen molar-refractivity contribution in [2.24, 2.45) is 0 Å². The van der Waals surface area contributed by atoms with E-state index in [0.717, 1.165) is 11.3 Å². The number of benzene rings is 1. The minimum Gasteiger partial charge on any atom is -0.497 e. The fraction of sp³-hybridized carbons (Fsp3) is 0.375. The molecule has 0 saturated carbocycles. The van der Waals surface area contributed by atoms with Crippen molar-refractivity contribution < 1.29 is 24.0 Å². The van der Waals surface area contributed by atoms with Crippen LogP contribution >= 0.6 is 0 Å². The Morgan fingerprint density at radius 1 is 1.25 bits per heavy atom. The number of carboxylic acids is 1. The standard InChI is InChI=1S/C16H19N3O5/c1-19(10-9-15(21)22)14(20)8-7-13-17-16(18-24-13)11-3-5-12(23-2)6-4-11/h3-6H,7-10H2,1-2H3,(H,21,22). The molecule has 2 rings (SSSR count). The normalized spacial score (nSPS) is 10.4. The molecule has 0 aliphatic heterocycles. The van der Waals surface area contributed by atoms with Gasteiger partial charge in [0.2, 0.25) is 17.6 Å². The molecule has 1 N–H and O–H groups in total. The molecule has 0 unspecified atom stereocenters. The number of nitrogens with zero attached hydrogens (tertiary/aromatic N) is 3. The van der Waals surface area contributed by atoms with Crippen LogP contribution in [-0.4, -0.2) is 52.7 Å². The van der Waals surface area contributed by atoms with Crippen molar-refractivity contribution in [1.82, 2.24) is 15.0 Å². The number of amides is 1. The molecule has 0 atom stereocenters. The van der Waals surface area contributed by atoms with Crippen LogP contribution in [0.3, 0.4) is 0 Å². The minimum atomic E-state index is -0.935. The van der Waals surface area contributed by atoms with E-state index < -0.39 is 5.97 Å². The van der Waals surface area contributed by atoms with Crippen LogP contribution < -0.4 is 4.74 Å². The van der Waals surface area contributed by atoms with Crippen molar-refractivity contribution >= 4 is 11.9 Å². The number of methoxy groups -OCH3 is 1. The van der Waals surface area contributed by atoms with Crippen LogP contribution in [0.1, 0.15) is 18.7 Å². The third-order valence-electron chi connectivity index (χ3n) is 3.46. The van der Waals surface area contributed by atoms with E-state index in [1.54, 1.807) is 26.3 Å². The Balaban J connectivity index is 1.89. The molecule has 0 spiro atoms. The van der Waals surface area contributed by atoms with Gasteiger partial charge in [0.1, 0.15) is 5.75 Å². The summed E-state index contributed by atoms with van der Waals surface area (Å²) in [5.41, 5.74) is 0.788. The summed E-state index contributed by atoms with van der Waals surface area (Å²) in [6, 6.07) is 7.23. The Morgan fingerprint density at radius 2 is 1.96 bits per heavy atom. The number of aryl methyl sites for hydroxylation is 1. The van der Waals surface area contributed by atoms with E-state index in [1.807, 2.05) is 12.1 Å². The van der Waals surface area contributed by atoms with E-state index in [9.17, 15) is 9.59 Å². The third kappa shape index (κ3) is 4.80. The van der Waals surface area contributed by atoms with Crippen LogP contribution in [0, 0.1) is 0 Å². The highest BCUT2D eigenvalue weighted by Gasteiger charge is 2.14. The van der Waals surface area contributed by atoms with Gasteiger partial charge in [-0.05, 0) is 24.3 Å². The van der Waals surface area contributed by atoms with Crippen LogP contribution in [0.4, 0.5) is 0 Å². The quantitative estimate of drug-likeness (QED) is 0.782. The van der Waals surface area contributed by atoms with E-state index in [0.29, 0.717) is 18.1 Å². The number of carbonyl (C=O) groups excluding carboxylic acids is 1. The highest BCUT2D eigenvalue weighted by Crippen LogP contribution is 2.20. The molecule has 0 fully saturated rings. The SMILES string of the molecule is COc1ccc(-c2noc(CCC(=O)N(C)CCC(=O)O)n2)cc1.